The normalized spacial score (nSPS) is 24.5. The van der Waals surface area contributed by atoms with Crippen LogP contribution in [0.15, 0.2) is 12.3 Å². The molecule has 4 rings (SSSR count). The van der Waals surface area contributed by atoms with Crippen molar-refractivity contribution < 1.29 is 15.3 Å². The fourth-order valence-electron chi connectivity index (χ4n) is 3.99. The number of aryl methyl sites for hydroxylation is 1. The van der Waals surface area contributed by atoms with Crippen LogP contribution in [0.1, 0.15) is 26.0 Å². The average Bonchev–Trinajstić information content (AvgIpc) is 3.18. The lowest BCUT2D eigenvalue weighted by Crippen LogP contribution is -2.40. The summed E-state index contributed by atoms with van der Waals surface area (Å²) in [6.45, 7) is 5.04. The predicted octanol–water partition coefficient (Wildman–Crippen LogP) is 0.914. The number of anilines is 3. The molecule has 30 heavy (non-hydrogen) atoms. The third-order valence-corrected chi connectivity index (χ3v) is 6.61. The van der Waals surface area contributed by atoms with Crippen LogP contribution in [0.3, 0.4) is 0 Å². The molecule has 11 heteroatoms. The first kappa shape index (κ1) is 20.7. The van der Waals surface area contributed by atoms with Crippen LogP contribution in [0.25, 0.3) is 20.8 Å². The molecule has 0 amide bonds. The highest BCUT2D eigenvalue weighted by Gasteiger charge is 2.47. The van der Waals surface area contributed by atoms with E-state index in [-0.39, 0.29) is 5.95 Å². The predicted molar refractivity (Wildman–Crippen MR) is 116 cm³/mol. The van der Waals surface area contributed by atoms with Gasteiger partial charge in [-0.3, -0.25) is 0 Å². The minimum absolute atomic E-state index is 0.0770. The summed E-state index contributed by atoms with van der Waals surface area (Å²) in [5.74, 6) is 0.314. The van der Waals surface area contributed by atoms with Gasteiger partial charge in [0.05, 0.1) is 33.7 Å². The Labute approximate surface area is 177 Å². The number of nitrogens with zero attached hydrogens (tertiary/aromatic N) is 4. The van der Waals surface area contributed by atoms with E-state index in [1.807, 2.05) is 6.07 Å². The SMILES string of the molecule is Cc1nc(N)nc(N[C@@H]2C[C@H](C(C)(C)O)[C@@H](O)[C@H]2O)c1-c1nc2c(N)nccc2s1. The van der Waals surface area contributed by atoms with Gasteiger partial charge in [-0.15, -0.1) is 11.3 Å². The third-order valence-electron chi connectivity index (χ3n) is 5.57. The Bertz CT molecular complexity index is 1100. The topological polar surface area (TPSA) is 176 Å². The van der Waals surface area contributed by atoms with Crippen molar-refractivity contribution in [1.82, 2.24) is 19.9 Å². The highest BCUT2D eigenvalue weighted by Crippen LogP contribution is 2.40. The molecule has 0 aliphatic heterocycles. The van der Waals surface area contributed by atoms with Crippen LogP contribution in [0, 0.1) is 12.8 Å². The zero-order valence-corrected chi connectivity index (χ0v) is 17.7. The Kier molecular flexibility index (Phi) is 5.01. The Balaban J connectivity index is 1.75. The van der Waals surface area contributed by atoms with E-state index in [9.17, 15) is 15.3 Å². The summed E-state index contributed by atoms with van der Waals surface area (Å²) in [4.78, 5) is 17.3. The molecule has 1 saturated carbocycles. The summed E-state index contributed by atoms with van der Waals surface area (Å²) in [6, 6.07) is 1.29. The number of pyridine rings is 1. The van der Waals surface area contributed by atoms with E-state index < -0.39 is 29.8 Å². The first-order valence-electron chi connectivity index (χ1n) is 9.56. The summed E-state index contributed by atoms with van der Waals surface area (Å²) >= 11 is 1.42. The smallest absolute Gasteiger partial charge is 0.222 e. The molecule has 8 N–H and O–H groups in total. The maximum atomic E-state index is 10.6. The second-order valence-corrected chi connectivity index (χ2v) is 9.21. The zero-order chi connectivity index (χ0) is 21.8. The van der Waals surface area contributed by atoms with Crippen molar-refractivity contribution >= 4 is 39.1 Å². The van der Waals surface area contributed by atoms with E-state index in [0.717, 1.165) is 4.70 Å². The van der Waals surface area contributed by atoms with Gasteiger partial charge in [0.25, 0.3) is 0 Å². The standard InChI is InChI=1S/C19H25N7O3S/c1-7-11(17-25-12-10(30-17)4-5-22-15(12)20)16(26-18(21)23-7)24-9-6-8(19(2,3)29)13(27)14(9)28/h4-5,8-9,13-14,27-29H,6H2,1-3H3,(H2,20,22)(H3,21,23,24,26)/t8-,9+,13+,14-/m0/s1. The highest BCUT2D eigenvalue weighted by atomic mass is 32.1. The van der Waals surface area contributed by atoms with E-state index in [1.54, 1.807) is 27.0 Å². The van der Waals surface area contributed by atoms with E-state index in [4.69, 9.17) is 11.5 Å². The van der Waals surface area contributed by atoms with E-state index in [0.29, 0.717) is 39.8 Å². The summed E-state index contributed by atoms with van der Waals surface area (Å²) in [5, 5.41) is 35.2. The van der Waals surface area contributed by atoms with Crippen molar-refractivity contribution in [3.63, 3.8) is 0 Å². The number of thiazole rings is 1. The molecule has 160 valence electrons. The summed E-state index contributed by atoms with van der Waals surface area (Å²) in [5.41, 5.74) is 12.5. The van der Waals surface area contributed by atoms with Crippen molar-refractivity contribution in [1.29, 1.82) is 0 Å². The summed E-state index contributed by atoms with van der Waals surface area (Å²) in [7, 11) is 0. The maximum absolute atomic E-state index is 10.6. The van der Waals surface area contributed by atoms with Crippen molar-refractivity contribution in [2.45, 2.75) is 51.0 Å². The fraction of sp³-hybridized carbons (Fsp3) is 0.474. The van der Waals surface area contributed by atoms with Gasteiger partial charge in [0.2, 0.25) is 5.95 Å². The maximum Gasteiger partial charge on any atom is 0.222 e. The van der Waals surface area contributed by atoms with Crippen LogP contribution in [0.5, 0.6) is 0 Å². The Morgan fingerprint density at radius 1 is 1.17 bits per heavy atom. The molecule has 0 aromatic carbocycles. The second-order valence-electron chi connectivity index (χ2n) is 8.18. The Morgan fingerprint density at radius 2 is 1.90 bits per heavy atom. The van der Waals surface area contributed by atoms with Crippen LogP contribution < -0.4 is 16.8 Å². The lowest BCUT2D eigenvalue weighted by atomic mass is 9.88. The van der Waals surface area contributed by atoms with Crippen molar-refractivity contribution in [2.75, 3.05) is 16.8 Å². The molecule has 3 heterocycles. The molecule has 3 aromatic heterocycles. The molecule has 0 radical (unpaired) electrons. The first-order valence-corrected chi connectivity index (χ1v) is 10.4. The quantitative estimate of drug-likeness (QED) is 0.348. The minimum Gasteiger partial charge on any atom is -0.390 e. The number of nitrogen functional groups attached to an aromatic ring is 2. The van der Waals surface area contributed by atoms with Gasteiger partial charge in [-0.1, -0.05) is 0 Å². The lowest BCUT2D eigenvalue weighted by Gasteiger charge is -2.28. The molecule has 10 nitrogen and oxygen atoms in total. The monoisotopic (exact) mass is 431 g/mol. The molecular weight excluding hydrogens is 406 g/mol. The largest absolute Gasteiger partial charge is 0.390 e. The number of fused-ring (bicyclic) bond motifs is 1. The number of rotatable bonds is 4. The molecule has 0 saturated heterocycles. The summed E-state index contributed by atoms with van der Waals surface area (Å²) in [6.07, 6.45) is -0.177. The van der Waals surface area contributed by atoms with E-state index >= 15 is 0 Å². The number of aliphatic hydroxyl groups is 3. The van der Waals surface area contributed by atoms with Gasteiger partial charge in [0, 0.05) is 12.1 Å². The van der Waals surface area contributed by atoms with Gasteiger partial charge >= 0.3 is 0 Å². The fourth-order valence-corrected chi connectivity index (χ4v) is 5.06. The second kappa shape index (κ2) is 7.27. The van der Waals surface area contributed by atoms with Gasteiger partial charge < -0.3 is 32.1 Å². The van der Waals surface area contributed by atoms with Crippen molar-refractivity contribution in [3.05, 3.63) is 18.0 Å². The van der Waals surface area contributed by atoms with Crippen LogP contribution in [-0.4, -0.2) is 59.1 Å². The number of hydrogen-bond acceptors (Lipinski definition) is 11. The van der Waals surface area contributed by atoms with Gasteiger partial charge in [-0.25, -0.2) is 15.0 Å². The van der Waals surface area contributed by atoms with Crippen LogP contribution >= 0.6 is 11.3 Å². The molecular formula is C19H25N7O3S. The minimum atomic E-state index is -1.14. The molecule has 1 aliphatic carbocycles. The van der Waals surface area contributed by atoms with Crippen LogP contribution in [-0.2, 0) is 0 Å². The Morgan fingerprint density at radius 3 is 2.53 bits per heavy atom. The average molecular weight is 432 g/mol. The molecule has 1 fully saturated rings. The molecule has 0 spiro atoms. The number of hydrogen-bond donors (Lipinski definition) is 6. The summed E-state index contributed by atoms with van der Waals surface area (Å²) < 4.78 is 0.873. The zero-order valence-electron chi connectivity index (χ0n) is 16.9. The molecule has 0 unspecified atom stereocenters. The highest BCUT2D eigenvalue weighted by molar-refractivity contribution is 7.21. The number of nitrogens with one attached hydrogen (secondary N) is 1. The van der Waals surface area contributed by atoms with Crippen LogP contribution in [0.4, 0.5) is 17.6 Å². The Hall–Kier alpha value is -2.60. The first-order chi connectivity index (χ1) is 14.1. The molecule has 4 atom stereocenters. The van der Waals surface area contributed by atoms with E-state index in [1.165, 1.54) is 11.3 Å². The van der Waals surface area contributed by atoms with Gasteiger partial charge in [0.1, 0.15) is 22.4 Å². The lowest BCUT2D eigenvalue weighted by molar-refractivity contribution is -0.0601. The number of aromatic nitrogens is 4. The third kappa shape index (κ3) is 3.54. The van der Waals surface area contributed by atoms with Crippen LogP contribution in [0.2, 0.25) is 0 Å². The van der Waals surface area contributed by atoms with Gasteiger partial charge in [-0.05, 0) is 33.3 Å². The molecule has 1 aliphatic rings. The number of nitrogens with two attached hydrogens (primary N) is 2. The van der Waals surface area contributed by atoms with Crippen molar-refractivity contribution in [3.8, 4) is 10.6 Å². The molecule has 3 aromatic rings. The van der Waals surface area contributed by atoms with E-state index in [2.05, 4.69) is 25.3 Å². The van der Waals surface area contributed by atoms with Gasteiger partial charge in [0.15, 0.2) is 5.82 Å². The number of aliphatic hydroxyl groups excluding tert-OH is 2. The molecule has 0 bridgehead atoms. The van der Waals surface area contributed by atoms with Gasteiger partial charge in [-0.2, -0.15) is 4.98 Å². The van der Waals surface area contributed by atoms with Crippen molar-refractivity contribution in [2.24, 2.45) is 5.92 Å².